The van der Waals surface area contributed by atoms with Gasteiger partial charge < -0.3 is 29.5 Å². The highest BCUT2D eigenvalue weighted by atomic mass is 35.5. The largest absolute Gasteiger partial charge is 0.480 e. The Bertz CT molecular complexity index is 836. The zero-order chi connectivity index (χ0) is 22.6. The molecule has 0 aromatic carbocycles. The Labute approximate surface area is 178 Å². The van der Waals surface area contributed by atoms with Gasteiger partial charge in [0.25, 0.3) is 0 Å². The monoisotopic (exact) mass is 444 g/mol. The molecule has 0 aromatic rings. The second kappa shape index (κ2) is 7.64. The highest BCUT2D eigenvalue weighted by Crippen LogP contribution is 2.47. The van der Waals surface area contributed by atoms with E-state index in [9.17, 15) is 29.7 Å². The average molecular weight is 445 g/mol. The SMILES string of the molecule is C/C=C(\C)C(=O)O[C@H]1[C@@H]2[C@H](OC(=O)[C@]2(O)CCl)[C@@H](O)[C@@H](C)C2=CC(=O)[C@](C)(O2)[C@H]1O. The molecule has 0 aromatic heterocycles. The lowest BCUT2D eigenvalue weighted by Crippen LogP contribution is -2.61. The van der Waals surface area contributed by atoms with Crippen LogP contribution in [0.5, 0.6) is 0 Å². The van der Waals surface area contributed by atoms with E-state index in [1.54, 1.807) is 13.8 Å². The number of esters is 2. The van der Waals surface area contributed by atoms with E-state index >= 15 is 0 Å². The number of ether oxygens (including phenoxy) is 3. The molecule has 3 heterocycles. The molecule has 30 heavy (non-hydrogen) atoms. The van der Waals surface area contributed by atoms with Crippen LogP contribution in [0.4, 0.5) is 0 Å². The maximum Gasteiger partial charge on any atom is 0.340 e. The van der Waals surface area contributed by atoms with Crippen LogP contribution >= 0.6 is 11.6 Å². The number of carbonyl (C=O) groups excluding carboxylic acids is 3. The van der Waals surface area contributed by atoms with Crippen LogP contribution in [-0.4, -0.2) is 74.5 Å². The van der Waals surface area contributed by atoms with Gasteiger partial charge in [-0.05, 0) is 20.8 Å². The third kappa shape index (κ3) is 3.15. The average Bonchev–Trinajstić information content (AvgIpc) is 3.18. The van der Waals surface area contributed by atoms with E-state index in [1.807, 2.05) is 0 Å². The number of allylic oxidation sites excluding steroid dienone is 1. The summed E-state index contributed by atoms with van der Waals surface area (Å²) in [4.78, 5) is 37.7. The first-order valence-corrected chi connectivity index (χ1v) is 10.1. The number of ketones is 1. The van der Waals surface area contributed by atoms with Crippen LogP contribution in [0, 0.1) is 11.8 Å². The summed E-state index contributed by atoms with van der Waals surface area (Å²) in [5.74, 6) is -5.42. The number of carbonyl (C=O) groups is 3. The van der Waals surface area contributed by atoms with Crippen molar-refractivity contribution in [2.24, 2.45) is 11.8 Å². The van der Waals surface area contributed by atoms with Crippen molar-refractivity contribution in [2.45, 2.75) is 63.3 Å². The van der Waals surface area contributed by atoms with Gasteiger partial charge in [0.05, 0.1) is 11.8 Å². The summed E-state index contributed by atoms with van der Waals surface area (Å²) in [6.07, 6.45) is -3.65. The summed E-state index contributed by atoms with van der Waals surface area (Å²) >= 11 is 5.89. The van der Waals surface area contributed by atoms with E-state index < -0.39 is 71.1 Å². The number of halogens is 1. The minimum atomic E-state index is -2.37. The third-order valence-electron chi connectivity index (χ3n) is 6.32. The molecule has 2 bridgehead atoms. The molecule has 0 radical (unpaired) electrons. The Hall–Kier alpha value is -1.94. The van der Waals surface area contributed by atoms with Gasteiger partial charge in [0.15, 0.2) is 11.2 Å². The molecule has 3 aliphatic rings. The fraction of sp³-hybridized carbons (Fsp3) is 0.650. The predicted octanol–water partition coefficient (Wildman–Crippen LogP) is -0.0107. The second-order valence-electron chi connectivity index (χ2n) is 8.14. The molecule has 8 atom stereocenters. The van der Waals surface area contributed by atoms with Crippen LogP contribution in [0.3, 0.4) is 0 Å². The second-order valence-corrected chi connectivity index (χ2v) is 8.41. The first-order chi connectivity index (χ1) is 13.9. The molecule has 3 N–H and O–H groups in total. The van der Waals surface area contributed by atoms with Crippen molar-refractivity contribution < 1.29 is 43.9 Å². The highest BCUT2D eigenvalue weighted by molar-refractivity contribution is 6.20. The minimum absolute atomic E-state index is 0.0850. The fourth-order valence-corrected chi connectivity index (χ4v) is 4.34. The van der Waals surface area contributed by atoms with E-state index in [1.165, 1.54) is 19.9 Å². The Morgan fingerprint density at radius 3 is 2.57 bits per heavy atom. The Morgan fingerprint density at radius 2 is 2.00 bits per heavy atom. The van der Waals surface area contributed by atoms with Gasteiger partial charge in [-0.1, -0.05) is 13.0 Å². The lowest BCUT2D eigenvalue weighted by atomic mass is 9.74. The van der Waals surface area contributed by atoms with E-state index in [0.29, 0.717) is 0 Å². The van der Waals surface area contributed by atoms with Crippen molar-refractivity contribution in [3.05, 3.63) is 23.5 Å². The van der Waals surface area contributed by atoms with Crippen LogP contribution in [0.15, 0.2) is 23.5 Å². The third-order valence-corrected chi connectivity index (χ3v) is 6.73. The molecule has 0 spiro atoms. The fourth-order valence-electron chi connectivity index (χ4n) is 4.05. The number of aliphatic hydroxyl groups is 3. The standard InChI is InChI=1S/C20H25ClO9/c1-5-8(2)17(25)28-15-12-14(29-18(26)20(12,27)7-21)13(23)9(3)10-6-11(22)19(4,30-10)16(15)24/h5-6,9,12-16,23-24,27H,7H2,1-4H3/b8-5+/t9-,12-,13-,14-,15-,16-,19-,20-/m0/s1. The molecular weight excluding hydrogens is 420 g/mol. The molecule has 3 aliphatic heterocycles. The maximum absolute atomic E-state index is 12.7. The molecule has 0 unspecified atom stereocenters. The van der Waals surface area contributed by atoms with Gasteiger partial charge in [-0.3, -0.25) is 4.79 Å². The lowest BCUT2D eigenvalue weighted by Gasteiger charge is -2.39. The maximum atomic E-state index is 12.7. The van der Waals surface area contributed by atoms with Crippen molar-refractivity contribution in [2.75, 3.05) is 5.88 Å². The summed E-state index contributed by atoms with van der Waals surface area (Å²) in [5.41, 5.74) is -4.05. The molecule has 166 valence electrons. The summed E-state index contributed by atoms with van der Waals surface area (Å²) in [6, 6.07) is 0. The van der Waals surface area contributed by atoms with Crippen molar-refractivity contribution in [1.82, 2.24) is 0 Å². The summed E-state index contributed by atoms with van der Waals surface area (Å²) in [6.45, 7) is 5.93. The van der Waals surface area contributed by atoms with Gasteiger partial charge in [-0.15, -0.1) is 11.6 Å². The van der Waals surface area contributed by atoms with Crippen molar-refractivity contribution >= 4 is 29.3 Å². The van der Waals surface area contributed by atoms with Crippen LogP contribution in [0.2, 0.25) is 0 Å². The van der Waals surface area contributed by atoms with E-state index in [0.717, 1.165) is 6.08 Å². The number of aliphatic hydroxyl groups excluding tert-OH is 2. The number of alkyl halides is 1. The van der Waals surface area contributed by atoms with Gasteiger partial charge in [0.1, 0.15) is 30.2 Å². The lowest BCUT2D eigenvalue weighted by molar-refractivity contribution is -0.187. The summed E-state index contributed by atoms with van der Waals surface area (Å²) in [5, 5.41) is 33.1. The number of hydrogen-bond acceptors (Lipinski definition) is 9. The van der Waals surface area contributed by atoms with Gasteiger partial charge in [0.2, 0.25) is 5.78 Å². The molecule has 3 rings (SSSR count). The van der Waals surface area contributed by atoms with E-state index in [2.05, 4.69) is 0 Å². The Morgan fingerprint density at radius 1 is 1.37 bits per heavy atom. The number of hydrogen-bond donors (Lipinski definition) is 3. The predicted molar refractivity (Wildman–Crippen MR) is 102 cm³/mol. The molecule has 0 saturated carbocycles. The first kappa shape index (κ1) is 22.7. The van der Waals surface area contributed by atoms with Gasteiger partial charge >= 0.3 is 11.9 Å². The Balaban J connectivity index is 2.19. The van der Waals surface area contributed by atoms with Crippen LogP contribution in [0.1, 0.15) is 27.7 Å². The molecule has 0 aliphatic carbocycles. The molecule has 2 saturated heterocycles. The minimum Gasteiger partial charge on any atom is -0.480 e. The van der Waals surface area contributed by atoms with Crippen molar-refractivity contribution in [3.63, 3.8) is 0 Å². The smallest absolute Gasteiger partial charge is 0.340 e. The normalized spacial score (nSPS) is 43.6. The van der Waals surface area contributed by atoms with E-state index in [4.69, 9.17) is 25.8 Å². The van der Waals surface area contributed by atoms with Gasteiger partial charge in [0, 0.05) is 17.6 Å². The molecule has 2 fully saturated rings. The molecular formula is C20H25ClO9. The van der Waals surface area contributed by atoms with Crippen LogP contribution < -0.4 is 0 Å². The number of rotatable bonds is 3. The van der Waals surface area contributed by atoms with Gasteiger partial charge in [-0.2, -0.15) is 0 Å². The van der Waals surface area contributed by atoms with Crippen LogP contribution in [-0.2, 0) is 28.6 Å². The Kier molecular flexibility index (Phi) is 5.79. The number of fused-ring (bicyclic) bond motifs is 3. The van der Waals surface area contributed by atoms with Crippen molar-refractivity contribution in [3.8, 4) is 0 Å². The molecule has 10 heteroatoms. The summed E-state index contributed by atoms with van der Waals surface area (Å²) < 4.78 is 16.4. The zero-order valence-corrected chi connectivity index (χ0v) is 17.8. The quantitative estimate of drug-likeness (QED) is 0.311. The summed E-state index contributed by atoms with van der Waals surface area (Å²) in [7, 11) is 0. The zero-order valence-electron chi connectivity index (χ0n) is 17.0. The van der Waals surface area contributed by atoms with Crippen molar-refractivity contribution in [1.29, 1.82) is 0 Å². The molecule has 0 amide bonds. The van der Waals surface area contributed by atoms with Crippen LogP contribution in [0.25, 0.3) is 0 Å². The topological polar surface area (TPSA) is 140 Å². The first-order valence-electron chi connectivity index (χ1n) is 9.56. The van der Waals surface area contributed by atoms with E-state index in [-0.39, 0.29) is 11.3 Å². The molecule has 9 nitrogen and oxygen atoms in total. The van der Waals surface area contributed by atoms with Gasteiger partial charge in [-0.25, -0.2) is 9.59 Å². The highest BCUT2D eigenvalue weighted by Gasteiger charge is 2.67.